The maximum atomic E-state index is 12.8. The number of hydrogen-bond acceptors (Lipinski definition) is 7. The molecule has 5 heterocycles. The molecule has 5 aliphatic rings. The summed E-state index contributed by atoms with van der Waals surface area (Å²) in [6.45, 7) is 15.4. The van der Waals surface area contributed by atoms with Crippen molar-refractivity contribution in [2.45, 2.75) is 141 Å². The van der Waals surface area contributed by atoms with Crippen LogP contribution in [0.2, 0.25) is 0 Å². The first kappa shape index (κ1) is 34.1. The number of anilines is 2. The zero-order chi connectivity index (χ0) is 33.1. The molecule has 2 N–H and O–H groups in total. The van der Waals surface area contributed by atoms with Crippen LogP contribution in [0, 0.1) is 11.3 Å². The summed E-state index contributed by atoms with van der Waals surface area (Å²) in [6, 6.07) is 7.23. The van der Waals surface area contributed by atoms with Crippen LogP contribution in [0.15, 0.2) is 12.1 Å². The first-order chi connectivity index (χ1) is 22.7. The Morgan fingerprint density at radius 1 is 1.02 bits per heavy atom. The molecule has 1 aromatic carbocycles. The van der Waals surface area contributed by atoms with Gasteiger partial charge < -0.3 is 10.6 Å². The van der Waals surface area contributed by atoms with Crippen molar-refractivity contribution in [1.29, 1.82) is 5.26 Å². The third kappa shape index (κ3) is 7.17. The molecule has 3 unspecified atom stereocenters. The monoisotopic (exact) mass is 643 g/mol. The second-order valence-electron chi connectivity index (χ2n) is 15.4. The molecule has 256 valence electrons. The first-order valence-corrected chi connectivity index (χ1v) is 18.8. The van der Waals surface area contributed by atoms with Gasteiger partial charge in [-0.25, -0.2) is 14.4 Å². The Hall–Kier alpha value is -2.76. The Morgan fingerprint density at radius 2 is 1.81 bits per heavy atom. The summed E-state index contributed by atoms with van der Waals surface area (Å²) in [4.78, 5) is 17.8. The molecule has 0 saturated carbocycles. The van der Waals surface area contributed by atoms with Gasteiger partial charge in [-0.1, -0.05) is 46.1 Å². The zero-order valence-electron chi connectivity index (χ0n) is 29.5. The number of piperidine rings is 1. The molecule has 4 atom stereocenters. The van der Waals surface area contributed by atoms with E-state index < -0.39 is 6.17 Å². The summed E-state index contributed by atoms with van der Waals surface area (Å²) in [6.07, 6.45) is 13.9. The molecule has 47 heavy (non-hydrogen) atoms. The van der Waals surface area contributed by atoms with E-state index in [1.54, 1.807) is 0 Å². The largest absolute Gasteiger partial charge is 0.398 e. The third-order valence-electron chi connectivity index (χ3n) is 12.0. The normalized spacial score (nSPS) is 28.1. The van der Waals surface area contributed by atoms with Gasteiger partial charge in [-0.3, -0.25) is 9.80 Å². The van der Waals surface area contributed by atoms with Crippen molar-refractivity contribution in [3.8, 4) is 6.07 Å². The van der Waals surface area contributed by atoms with Crippen molar-refractivity contribution >= 4 is 11.5 Å². The number of halogens is 1. The standard InChI is InChI=1S/C31H44N6.C8H14FN/c1-4-10-25-28(17-22-12-9-11-21(3)24-13-14-27(33)26(18-32)30(22)24)34-29(5-2)35-31(25)37-19-23(20-37)36-15-7-6-8-16-36;1-8-3-2-4-10(8)6-7(9)5-8/h13-14,21-23H,4-12,15-17,19-20,33H2,1-3H3;7H,2-6H2,1H3/t21-,22?;/m0./s1. The van der Waals surface area contributed by atoms with E-state index in [1.165, 1.54) is 73.4 Å². The van der Waals surface area contributed by atoms with Gasteiger partial charge in [0, 0.05) is 48.9 Å². The molecule has 4 fully saturated rings. The van der Waals surface area contributed by atoms with Gasteiger partial charge in [-0.2, -0.15) is 5.26 Å². The molecule has 1 aromatic heterocycles. The zero-order valence-corrected chi connectivity index (χ0v) is 29.5. The number of alkyl halides is 1. The number of fused-ring (bicyclic) bond motifs is 2. The number of benzene rings is 1. The van der Waals surface area contributed by atoms with E-state index in [1.807, 2.05) is 6.07 Å². The van der Waals surface area contributed by atoms with Crippen LogP contribution < -0.4 is 10.6 Å². The fourth-order valence-corrected chi connectivity index (χ4v) is 9.26. The van der Waals surface area contributed by atoms with E-state index in [0.29, 0.717) is 29.8 Å². The fraction of sp³-hybridized carbons (Fsp3) is 0.718. The van der Waals surface area contributed by atoms with E-state index in [2.05, 4.69) is 54.5 Å². The number of nitrogens with zero attached hydrogens (tertiary/aromatic N) is 6. The molecule has 0 radical (unpaired) electrons. The minimum absolute atomic E-state index is 0.236. The van der Waals surface area contributed by atoms with Gasteiger partial charge in [-0.05, 0) is 113 Å². The maximum Gasteiger partial charge on any atom is 0.135 e. The predicted octanol–water partition coefficient (Wildman–Crippen LogP) is 7.32. The smallest absolute Gasteiger partial charge is 0.135 e. The number of aromatic nitrogens is 2. The number of likely N-dealkylation sites (tertiary alicyclic amines) is 1. The van der Waals surface area contributed by atoms with Gasteiger partial charge in [-0.15, -0.1) is 0 Å². The minimum Gasteiger partial charge on any atom is -0.398 e. The highest BCUT2D eigenvalue weighted by molar-refractivity contribution is 5.62. The lowest BCUT2D eigenvalue weighted by molar-refractivity contribution is 0.138. The van der Waals surface area contributed by atoms with Crippen LogP contribution in [0.3, 0.4) is 0 Å². The summed E-state index contributed by atoms with van der Waals surface area (Å²) in [5.41, 5.74) is 12.9. The molecule has 1 aliphatic carbocycles. The highest BCUT2D eigenvalue weighted by atomic mass is 19.1. The van der Waals surface area contributed by atoms with Crippen LogP contribution in [-0.4, -0.2) is 76.8 Å². The van der Waals surface area contributed by atoms with E-state index in [9.17, 15) is 9.65 Å². The summed E-state index contributed by atoms with van der Waals surface area (Å²) in [5.74, 6) is 2.83. The molecule has 2 aromatic rings. The number of nitrogen functional groups attached to an aromatic ring is 1. The van der Waals surface area contributed by atoms with Crippen LogP contribution in [0.1, 0.15) is 138 Å². The summed E-state index contributed by atoms with van der Waals surface area (Å²) in [5, 5.41) is 10.1. The van der Waals surface area contributed by atoms with Crippen LogP contribution in [0.25, 0.3) is 0 Å². The van der Waals surface area contributed by atoms with Crippen LogP contribution in [0.5, 0.6) is 0 Å². The van der Waals surface area contributed by atoms with E-state index >= 15 is 0 Å². The molecule has 8 heteroatoms. The van der Waals surface area contributed by atoms with Crippen LogP contribution in [0.4, 0.5) is 15.9 Å². The summed E-state index contributed by atoms with van der Waals surface area (Å²) in [7, 11) is 0. The van der Waals surface area contributed by atoms with Gasteiger partial charge in [0.15, 0.2) is 0 Å². The number of aryl methyl sites for hydroxylation is 1. The van der Waals surface area contributed by atoms with Crippen molar-refractivity contribution in [2.24, 2.45) is 0 Å². The molecular formula is C39H58FN7. The number of hydrogen-bond donors (Lipinski definition) is 1. The quantitative estimate of drug-likeness (QED) is 0.250. The molecule has 4 aliphatic heterocycles. The third-order valence-corrected chi connectivity index (χ3v) is 12.0. The fourth-order valence-electron chi connectivity index (χ4n) is 9.26. The van der Waals surface area contributed by atoms with Crippen molar-refractivity contribution < 1.29 is 4.39 Å². The van der Waals surface area contributed by atoms with Gasteiger partial charge >= 0.3 is 0 Å². The van der Waals surface area contributed by atoms with Crippen molar-refractivity contribution in [3.63, 3.8) is 0 Å². The highest BCUT2D eigenvalue weighted by Crippen LogP contribution is 2.43. The van der Waals surface area contributed by atoms with Crippen LogP contribution in [-0.2, 0) is 19.3 Å². The molecule has 4 saturated heterocycles. The highest BCUT2D eigenvalue weighted by Gasteiger charge is 2.44. The molecular weight excluding hydrogens is 585 g/mol. The molecule has 0 spiro atoms. The van der Waals surface area contributed by atoms with E-state index in [4.69, 9.17) is 15.7 Å². The molecule has 7 nitrogen and oxygen atoms in total. The Bertz CT molecular complexity index is 1430. The van der Waals surface area contributed by atoms with E-state index in [-0.39, 0.29) is 11.5 Å². The second-order valence-corrected chi connectivity index (χ2v) is 15.4. The maximum absolute atomic E-state index is 12.8. The molecule has 0 amide bonds. The lowest BCUT2D eigenvalue weighted by atomic mass is 9.82. The number of nitriles is 1. The van der Waals surface area contributed by atoms with Crippen LogP contribution >= 0.6 is 0 Å². The Balaban J connectivity index is 0.000000327. The van der Waals surface area contributed by atoms with Crippen molar-refractivity contribution in [2.75, 3.05) is 49.9 Å². The minimum atomic E-state index is -0.551. The van der Waals surface area contributed by atoms with Gasteiger partial charge in [0.25, 0.3) is 0 Å². The van der Waals surface area contributed by atoms with Crippen molar-refractivity contribution in [3.05, 3.63) is 45.9 Å². The number of rotatable bonds is 7. The predicted molar refractivity (Wildman–Crippen MR) is 190 cm³/mol. The van der Waals surface area contributed by atoms with Crippen molar-refractivity contribution in [1.82, 2.24) is 19.8 Å². The second kappa shape index (κ2) is 14.8. The Kier molecular flexibility index (Phi) is 10.7. The van der Waals surface area contributed by atoms with E-state index in [0.717, 1.165) is 76.8 Å². The number of nitrogens with two attached hydrogens (primary N) is 1. The van der Waals surface area contributed by atoms with Gasteiger partial charge in [0.1, 0.15) is 23.9 Å². The lowest BCUT2D eigenvalue weighted by Crippen LogP contribution is -2.61. The topological polar surface area (TPSA) is 85.3 Å². The lowest BCUT2D eigenvalue weighted by Gasteiger charge is -2.48. The average Bonchev–Trinajstić information content (AvgIpc) is 3.48. The molecule has 0 bridgehead atoms. The Labute approximate surface area is 283 Å². The van der Waals surface area contributed by atoms with Gasteiger partial charge in [0.05, 0.1) is 11.3 Å². The average molecular weight is 644 g/mol. The summed E-state index contributed by atoms with van der Waals surface area (Å²) >= 11 is 0. The Morgan fingerprint density at radius 3 is 2.51 bits per heavy atom. The molecule has 7 rings (SSSR count). The summed E-state index contributed by atoms with van der Waals surface area (Å²) < 4.78 is 12.8. The first-order valence-electron chi connectivity index (χ1n) is 18.8. The SMILES string of the molecule is CC12CCCN1CC(F)C2.CCCc1c(CC2CCC[C@H](C)c3ccc(N)c(C#N)c32)nc(CC)nc1N1CC(N2CCCCC2)C1. The van der Waals surface area contributed by atoms with Gasteiger partial charge in [0.2, 0.25) is 0 Å².